The second-order valence-corrected chi connectivity index (χ2v) is 4.64. The molecule has 1 saturated carbocycles. The van der Waals surface area contributed by atoms with Crippen LogP contribution in [-0.2, 0) is 0 Å². The van der Waals surface area contributed by atoms with Gasteiger partial charge in [0.25, 0.3) is 0 Å². The zero-order chi connectivity index (χ0) is 10.7. The Hall–Kier alpha value is -0.790. The Kier molecular flexibility index (Phi) is 3.45. The monoisotopic (exact) mass is 221 g/mol. The van der Waals surface area contributed by atoms with Crippen molar-refractivity contribution in [3.05, 3.63) is 40.4 Å². The molecule has 1 aromatic rings. The summed E-state index contributed by atoms with van der Waals surface area (Å²) in [4.78, 5) is 0. The van der Waals surface area contributed by atoms with Gasteiger partial charge in [0.2, 0.25) is 0 Å². The van der Waals surface area contributed by atoms with Crippen LogP contribution in [0.4, 0.5) is 0 Å². The predicted octanol–water partition coefficient (Wildman–Crippen LogP) is 3.50. The number of benzene rings is 1. The van der Waals surface area contributed by atoms with E-state index in [0.29, 0.717) is 0 Å². The van der Waals surface area contributed by atoms with Gasteiger partial charge in [0.05, 0.1) is 0 Å². The van der Waals surface area contributed by atoms with Gasteiger partial charge in [-0.1, -0.05) is 35.4 Å². The molecule has 80 valence electrons. The molecule has 0 amide bonds. The van der Waals surface area contributed by atoms with Gasteiger partial charge >= 0.3 is 0 Å². The van der Waals surface area contributed by atoms with Crippen molar-refractivity contribution in [2.24, 2.45) is 0 Å². The Balaban J connectivity index is 1.94. The average Bonchev–Trinajstić information content (AvgIpc) is 2.98. The van der Waals surface area contributed by atoms with E-state index >= 15 is 0 Å². The molecule has 0 atom stereocenters. The van der Waals surface area contributed by atoms with Crippen LogP contribution in [0.3, 0.4) is 0 Å². The second-order valence-electron chi connectivity index (χ2n) is 4.20. The molecule has 2 heteroatoms. The topological polar surface area (TPSA) is 12.0 Å². The third-order valence-corrected chi connectivity index (χ3v) is 2.74. The van der Waals surface area contributed by atoms with Crippen molar-refractivity contribution in [2.45, 2.75) is 25.8 Å². The van der Waals surface area contributed by atoms with Gasteiger partial charge in [-0.25, -0.2) is 0 Å². The van der Waals surface area contributed by atoms with Gasteiger partial charge < -0.3 is 5.32 Å². The summed E-state index contributed by atoms with van der Waals surface area (Å²) < 4.78 is 0. The van der Waals surface area contributed by atoms with Crippen molar-refractivity contribution in [3.63, 3.8) is 0 Å². The highest BCUT2D eigenvalue weighted by molar-refractivity contribution is 6.30. The van der Waals surface area contributed by atoms with E-state index in [1.165, 1.54) is 24.0 Å². The van der Waals surface area contributed by atoms with Crippen molar-refractivity contribution in [1.82, 2.24) is 5.32 Å². The van der Waals surface area contributed by atoms with Crippen molar-refractivity contribution in [1.29, 1.82) is 0 Å². The van der Waals surface area contributed by atoms with E-state index in [2.05, 4.69) is 24.4 Å². The lowest BCUT2D eigenvalue weighted by atomic mass is 10.1. The van der Waals surface area contributed by atoms with Crippen molar-refractivity contribution < 1.29 is 0 Å². The normalized spacial score (nSPS) is 16.8. The first kappa shape index (κ1) is 10.7. The molecule has 1 aliphatic carbocycles. The number of rotatable bonds is 4. The first-order valence-corrected chi connectivity index (χ1v) is 5.78. The lowest BCUT2D eigenvalue weighted by Crippen LogP contribution is -2.18. The van der Waals surface area contributed by atoms with E-state index < -0.39 is 0 Å². The van der Waals surface area contributed by atoms with Crippen LogP contribution >= 0.6 is 11.6 Å². The largest absolute Gasteiger partial charge is 0.310 e. The minimum Gasteiger partial charge on any atom is -0.310 e. The molecule has 0 saturated heterocycles. The lowest BCUT2D eigenvalue weighted by molar-refractivity contribution is 0.736. The summed E-state index contributed by atoms with van der Waals surface area (Å²) in [5.41, 5.74) is 2.53. The molecule has 1 aliphatic rings. The number of nitrogens with one attached hydrogen (secondary N) is 1. The van der Waals surface area contributed by atoms with Crippen LogP contribution in [0.5, 0.6) is 0 Å². The fraction of sp³-hybridized carbons (Fsp3) is 0.385. The molecule has 0 spiro atoms. The first-order chi connectivity index (χ1) is 7.24. The zero-order valence-electron chi connectivity index (χ0n) is 8.96. The summed E-state index contributed by atoms with van der Waals surface area (Å²) in [6.07, 6.45) is 4.86. The SMILES string of the molecule is CC(=Cc1cccc(Cl)c1)CNC1CC1. The predicted molar refractivity (Wildman–Crippen MR) is 66.1 cm³/mol. The minimum absolute atomic E-state index is 0.771. The quantitative estimate of drug-likeness (QED) is 0.821. The number of halogens is 1. The molecule has 1 aromatic carbocycles. The minimum atomic E-state index is 0.771. The van der Waals surface area contributed by atoms with E-state index in [0.717, 1.165) is 17.6 Å². The Bertz CT molecular complexity index is 367. The van der Waals surface area contributed by atoms with Gasteiger partial charge in [-0.3, -0.25) is 0 Å². The van der Waals surface area contributed by atoms with Gasteiger partial charge in [0, 0.05) is 17.6 Å². The Morgan fingerprint density at radius 2 is 2.33 bits per heavy atom. The third kappa shape index (κ3) is 3.69. The maximum Gasteiger partial charge on any atom is 0.0411 e. The number of hydrogen-bond acceptors (Lipinski definition) is 1. The summed E-state index contributed by atoms with van der Waals surface area (Å²) in [6, 6.07) is 8.72. The molecule has 2 rings (SSSR count). The highest BCUT2D eigenvalue weighted by Crippen LogP contribution is 2.19. The van der Waals surface area contributed by atoms with E-state index in [1.807, 2.05) is 18.2 Å². The molecule has 0 aliphatic heterocycles. The van der Waals surface area contributed by atoms with Crippen LogP contribution in [0.1, 0.15) is 25.3 Å². The summed E-state index contributed by atoms with van der Waals surface area (Å²) in [6.45, 7) is 3.13. The third-order valence-electron chi connectivity index (χ3n) is 2.51. The molecule has 1 fully saturated rings. The number of hydrogen-bond donors (Lipinski definition) is 1. The average molecular weight is 222 g/mol. The smallest absolute Gasteiger partial charge is 0.0411 e. The van der Waals surface area contributed by atoms with Gasteiger partial charge in [-0.15, -0.1) is 0 Å². The van der Waals surface area contributed by atoms with E-state index in [9.17, 15) is 0 Å². The van der Waals surface area contributed by atoms with Crippen LogP contribution in [0.2, 0.25) is 5.02 Å². The molecule has 0 aromatic heterocycles. The van der Waals surface area contributed by atoms with E-state index in [4.69, 9.17) is 11.6 Å². The molecule has 0 radical (unpaired) electrons. The molecule has 0 heterocycles. The maximum absolute atomic E-state index is 5.92. The van der Waals surface area contributed by atoms with Gasteiger partial charge in [0.1, 0.15) is 0 Å². The van der Waals surface area contributed by atoms with Gasteiger partial charge in [-0.05, 0) is 37.5 Å². The Morgan fingerprint density at radius 1 is 1.53 bits per heavy atom. The van der Waals surface area contributed by atoms with Crippen LogP contribution in [0, 0.1) is 0 Å². The van der Waals surface area contributed by atoms with Gasteiger partial charge in [0.15, 0.2) is 0 Å². The van der Waals surface area contributed by atoms with Gasteiger partial charge in [-0.2, -0.15) is 0 Å². The molecule has 0 bridgehead atoms. The van der Waals surface area contributed by atoms with E-state index in [-0.39, 0.29) is 0 Å². The fourth-order valence-corrected chi connectivity index (χ4v) is 1.72. The molecule has 0 unspecified atom stereocenters. The Morgan fingerprint density at radius 3 is 3.00 bits per heavy atom. The highest BCUT2D eigenvalue weighted by Gasteiger charge is 2.19. The fourth-order valence-electron chi connectivity index (χ4n) is 1.52. The molecular formula is C13H16ClN. The molecule has 15 heavy (non-hydrogen) atoms. The summed E-state index contributed by atoms with van der Waals surface area (Å²) in [5, 5.41) is 4.29. The maximum atomic E-state index is 5.92. The highest BCUT2D eigenvalue weighted by atomic mass is 35.5. The molecule has 1 nitrogen and oxygen atoms in total. The second kappa shape index (κ2) is 4.82. The first-order valence-electron chi connectivity index (χ1n) is 5.40. The van der Waals surface area contributed by atoms with E-state index in [1.54, 1.807) is 0 Å². The van der Waals surface area contributed by atoms with Crippen molar-refractivity contribution >= 4 is 17.7 Å². The van der Waals surface area contributed by atoms with Crippen LogP contribution in [0.15, 0.2) is 29.8 Å². The van der Waals surface area contributed by atoms with Crippen molar-refractivity contribution in [2.75, 3.05) is 6.54 Å². The van der Waals surface area contributed by atoms with Crippen LogP contribution in [0.25, 0.3) is 6.08 Å². The Labute approximate surface area is 96.1 Å². The van der Waals surface area contributed by atoms with Crippen molar-refractivity contribution in [3.8, 4) is 0 Å². The summed E-state index contributed by atoms with van der Waals surface area (Å²) in [5.74, 6) is 0. The van der Waals surface area contributed by atoms with Crippen LogP contribution in [-0.4, -0.2) is 12.6 Å². The summed E-state index contributed by atoms with van der Waals surface area (Å²) >= 11 is 5.92. The zero-order valence-corrected chi connectivity index (χ0v) is 9.72. The molecular weight excluding hydrogens is 206 g/mol. The lowest BCUT2D eigenvalue weighted by Gasteiger charge is -2.03. The summed E-state index contributed by atoms with van der Waals surface area (Å²) in [7, 11) is 0. The van der Waals surface area contributed by atoms with Crippen LogP contribution < -0.4 is 5.32 Å². The molecule has 1 N–H and O–H groups in total. The standard InChI is InChI=1S/C13H16ClN/c1-10(9-15-13-5-6-13)7-11-3-2-4-12(14)8-11/h2-4,7-8,13,15H,5-6,9H2,1H3.